The third-order valence-corrected chi connectivity index (χ3v) is 3.66. The van der Waals surface area contributed by atoms with Crippen molar-refractivity contribution < 1.29 is 9.90 Å². The molecule has 0 saturated heterocycles. The summed E-state index contributed by atoms with van der Waals surface area (Å²) in [5.74, 6) is -0.734. The van der Waals surface area contributed by atoms with Gasteiger partial charge in [-0.05, 0) is 31.9 Å². The molecule has 0 bridgehead atoms. The Morgan fingerprint density at radius 3 is 3.00 bits per heavy atom. The number of para-hydroxylation sites is 1. The van der Waals surface area contributed by atoms with Crippen LogP contribution in [-0.2, 0) is 4.79 Å². The fourth-order valence-electron chi connectivity index (χ4n) is 1.78. The van der Waals surface area contributed by atoms with E-state index >= 15 is 0 Å². The van der Waals surface area contributed by atoms with Crippen molar-refractivity contribution in [2.75, 3.05) is 5.32 Å². The number of anilines is 1. The highest BCUT2D eigenvalue weighted by Gasteiger charge is 2.07. The Morgan fingerprint density at radius 1 is 1.50 bits per heavy atom. The topological polar surface area (TPSA) is 62.2 Å². The average molecular weight is 264 g/mol. The molecule has 0 aliphatic rings. The summed E-state index contributed by atoms with van der Waals surface area (Å²) < 4.78 is 1.16. The van der Waals surface area contributed by atoms with E-state index in [9.17, 15) is 4.79 Å². The molecule has 2 rings (SSSR count). The lowest BCUT2D eigenvalue weighted by Crippen LogP contribution is -2.15. The molecule has 1 atom stereocenters. The van der Waals surface area contributed by atoms with Crippen LogP contribution in [0.15, 0.2) is 24.3 Å². The van der Waals surface area contributed by atoms with Gasteiger partial charge in [0.05, 0.1) is 10.2 Å². The molecule has 1 unspecified atom stereocenters. The highest BCUT2D eigenvalue weighted by molar-refractivity contribution is 7.22. The Labute approximate surface area is 110 Å². The van der Waals surface area contributed by atoms with E-state index in [1.165, 1.54) is 0 Å². The lowest BCUT2D eigenvalue weighted by atomic mass is 10.1. The fraction of sp³-hybridized carbons (Fsp3) is 0.385. The number of carboxylic acids is 1. The monoisotopic (exact) mass is 264 g/mol. The second-order valence-corrected chi connectivity index (χ2v) is 5.35. The van der Waals surface area contributed by atoms with Crippen LogP contribution < -0.4 is 5.32 Å². The van der Waals surface area contributed by atoms with Gasteiger partial charge in [-0.3, -0.25) is 4.79 Å². The Hall–Kier alpha value is -1.62. The minimum Gasteiger partial charge on any atom is -0.481 e. The van der Waals surface area contributed by atoms with E-state index in [-0.39, 0.29) is 12.5 Å². The van der Waals surface area contributed by atoms with Gasteiger partial charge in [0.15, 0.2) is 5.13 Å². The van der Waals surface area contributed by atoms with Crippen molar-refractivity contribution in [1.29, 1.82) is 0 Å². The Morgan fingerprint density at radius 2 is 2.28 bits per heavy atom. The molecular weight excluding hydrogens is 248 g/mol. The predicted octanol–water partition coefficient (Wildman–Crippen LogP) is 3.35. The molecule has 1 heterocycles. The Kier molecular flexibility index (Phi) is 4.15. The third kappa shape index (κ3) is 3.43. The molecular formula is C13H16N2O2S. The van der Waals surface area contributed by atoms with E-state index < -0.39 is 5.97 Å². The summed E-state index contributed by atoms with van der Waals surface area (Å²) in [6, 6.07) is 8.26. The van der Waals surface area contributed by atoms with Crippen LogP contribution in [0, 0.1) is 0 Å². The highest BCUT2D eigenvalue weighted by Crippen LogP contribution is 2.26. The van der Waals surface area contributed by atoms with Crippen LogP contribution in [0.25, 0.3) is 10.2 Å². The summed E-state index contributed by atoms with van der Waals surface area (Å²) in [7, 11) is 0. The number of carbonyl (C=O) groups is 1. The van der Waals surface area contributed by atoms with Gasteiger partial charge in [0.1, 0.15) is 0 Å². The molecule has 0 amide bonds. The summed E-state index contributed by atoms with van der Waals surface area (Å²) in [6.07, 6.45) is 1.75. The van der Waals surface area contributed by atoms with Crippen LogP contribution in [0.4, 0.5) is 5.13 Å². The first-order valence-corrected chi connectivity index (χ1v) is 6.80. The summed E-state index contributed by atoms with van der Waals surface area (Å²) in [4.78, 5) is 14.9. The SMILES string of the molecule is CC(CCCC(=O)O)Nc1nc2ccccc2s1. The fourth-order valence-corrected chi connectivity index (χ4v) is 2.75. The number of fused-ring (bicyclic) bond motifs is 1. The van der Waals surface area contributed by atoms with Crippen LogP contribution >= 0.6 is 11.3 Å². The molecule has 0 spiro atoms. The van der Waals surface area contributed by atoms with Gasteiger partial charge in [-0.15, -0.1) is 0 Å². The smallest absolute Gasteiger partial charge is 0.303 e. The lowest BCUT2D eigenvalue weighted by Gasteiger charge is -2.11. The highest BCUT2D eigenvalue weighted by atomic mass is 32.1. The number of nitrogens with zero attached hydrogens (tertiary/aromatic N) is 1. The van der Waals surface area contributed by atoms with Crippen molar-refractivity contribution >= 4 is 32.7 Å². The summed E-state index contributed by atoms with van der Waals surface area (Å²) in [5, 5.41) is 12.8. The van der Waals surface area contributed by atoms with E-state index in [0.717, 1.165) is 21.8 Å². The number of carboxylic acid groups (broad SMARTS) is 1. The molecule has 18 heavy (non-hydrogen) atoms. The molecule has 0 saturated carbocycles. The molecule has 1 aromatic heterocycles. The summed E-state index contributed by atoms with van der Waals surface area (Å²) in [6.45, 7) is 2.05. The maximum Gasteiger partial charge on any atom is 0.303 e. The van der Waals surface area contributed by atoms with Crippen LogP contribution in [0.2, 0.25) is 0 Å². The number of rotatable bonds is 6. The predicted molar refractivity (Wildman–Crippen MR) is 74.2 cm³/mol. The van der Waals surface area contributed by atoms with E-state index in [2.05, 4.69) is 10.3 Å². The van der Waals surface area contributed by atoms with Gasteiger partial charge in [0, 0.05) is 12.5 Å². The zero-order valence-corrected chi connectivity index (χ0v) is 11.0. The van der Waals surface area contributed by atoms with E-state index in [1.54, 1.807) is 11.3 Å². The van der Waals surface area contributed by atoms with Gasteiger partial charge in [-0.2, -0.15) is 0 Å². The molecule has 2 aromatic rings. The Bertz CT molecular complexity index is 506. The molecule has 0 fully saturated rings. The second-order valence-electron chi connectivity index (χ2n) is 4.32. The molecule has 0 aliphatic heterocycles. The van der Waals surface area contributed by atoms with Crippen LogP contribution in [-0.4, -0.2) is 22.1 Å². The van der Waals surface area contributed by atoms with Gasteiger partial charge in [0.25, 0.3) is 0 Å². The number of hydrogen-bond donors (Lipinski definition) is 2. The standard InChI is InChI=1S/C13H16N2O2S/c1-9(5-4-8-12(16)17)14-13-15-10-6-2-3-7-11(10)18-13/h2-3,6-7,9H,4-5,8H2,1H3,(H,14,15)(H,16,17). The third-order valence-electron chi connectivity index (χ3n) is 2.69. The number of benzene rings is 1. The van der Waals surface area contributed by atoms with Crippen LogP contribution in [0.5, 0.6) is 0 Å². The van der Waals surface area contributed by atoms with Crippen LogP contribution in [0.3, 0.4) is 0 Å². The second kappa shape index (κ2) is 5.82. The normalized spacial score (nSPS) is 12.5. The van der Waals surface area contributed by atoms with Crippen molar-refractivity contribution in [2.24, 2.45) is 0 Å². The summed E-state index contributed by atoms with van der Waals surface area (Å²) >= 11 is 1.63. The number of thiazole rings is 1. The number of aliphatic carboxylic acids is 1. The molecule has 0 aliphatic carbocycles. The van der Waals surface area contributed by atoms with Crippen molar-refractivity contribution in [3.05, 3.63) is 24.3 Å². The lowest BCUT2D eigenvalue weighted by molar-refractivity contribution is -0.137. The van der Waals surface area contributed by atoms with Crippen LogP contribution in [0.1, 0.15) is 26.2 Å². The van der Waals surface area contributed by atoms with Gasteiger partial charge in [0.2, 0.25) is 0 Å². The van der Waals surface area contributed by atoms with Gasteiger partial charge >= 0.3 is 5.97 Å². The number of aromatic nitrogens is 1. The van der Waals surface area contributed by atoms with Gasteiger partial charge in [-0.25, -0.2) is 4.98 Å². The molecule has 5 heteroatoms. The summed E-state index contributed by atoms with van der Waals surface area (Å²) in [5.41, 5.74) is 1.00. The zero-order chi connectivity index (χ0) is 13.0. The van der Waals surface area contributed by atoms with E-state index in [1.807, 2.05) is 31.2 Å². The minimum atomic E-state index is -0.734. The molecule has 2 N–H and O–H groups in total. The minimum absolute atomic E-state index is 0.228. The molecule has 1 aromatic carbocycles. The van der Waals surface area contributed by atoms with E-state index in [0.29, 0.717) is 6.42 Å². The van der Waals surface area contributed by atoms with Crippen molar-refractivity contribution in [3.8, 4) is 0 Å². The maximum absolute atomic E-state index is 10.4. The van der Waals surface area contributed by atoms with Crippen molar-refractivity contribution in [3.63, 3.8) is 0 Å². The first-order chi connectivity index (χ1) is 8.65. The first-order valence-electron chi connectivity index (χ1n) is 5.99. The Balaban J connectivity index is 1.90. The zero-order valence-electron chi connectivity index (χ0n) is 10.2. The number of hydrogen-bond acceptors (Lipinski definition) is 4. The van der Waals surface area contributed by atoms with Gasteiger partial charge in [-0.1, -0.05) is 23.5 Å². The first kappa shape index (κ1) is 12.8. The van der Waals surface area contributed by atoms with Crippen molar-refractivity contribution in [1.82, 2.24) is 4.98 Å². The van der Waals surface area contributed by atoms with Crippen molar-refractivity contribution in [2.45, 2.75) is 32.2 Å². The number of nitrogens with one attached hydrogen (secondary N) is 1. The quantitative estimate of drug-likeness (QED) is 0.840. The maximum atomic E-state index is 10.4. The van der Waals surface area contributed by atoms with Gasteiger partial charge < -0.3 is 10.4 Å². The molecule has 0 radical (unpaired) electrons. The molecule has 4 nitrogen and oxygen atoms in total. The van der Waals surface area contributed by atoms with E-state index in [4.69, 9.17) is 5.11 Å². The largest absolute Gasteiger partial charge is 0.481 e. The molecule has 96 valence electrons. The average Bonchev–Trinajstić information content (AvgIpc) is 2.70.